The summed E-state index contributed by atoms with van der Waals surface area (Å²) in [5.41, 5.74) is 1.10. The van der Waals surface area contributed by atoms with Gasteiger partial charge in [0.25, 0.3) is 5.91 Å². The number of aliphatic hydroxyl groups is 2. The summed E-state index contributed by atoms with van der Waals surface area (Å²) >= 11 is 0. The molecule has 2 aromatic carbocycles. The SMILES string of the molecule is CNC(=O)c1cnc(Nc2ccc(C(C)(C)CO)c(F)c2)nc1N[C@H](CO)c1ccccc1. The van der Waals surface area contributed by atoms with Crippen LogP contribution in [-0.4, -0.2) is 46.3 Å². The Balaban J connectivity index is 1.91. The molecule has 1 heterocycles. The fourth-order valence-electron chi connectivity index (χ4n) is 3.29. The highest BCUT2D eigenvalue weighted by atomic mass is 19.1. The van der Waals surface area contributed by atoms with E-state index >= 15 is 0 Å². The molecule has 0 saturated heterocycles. The van der Waals surface area contributed by atoms with E-state index in [4.69, 9.17) is 0 Å². The van der Waals surface area contributed by atoms with E-state index in [9.17, 15) is 19.4 Å². The number of rotatable bonds is 9. The zero-order valence-electron chi connectivity index (χ0n) is 18.8. The van der Waals surface area contributed by atoms with Gasteiger partial charge in [0, 0.05) is 24.3 Å². The van der Waals surface area contributed by atoms with Gasteiger partial charge in [0.15, 0.2) is 0 Å². The molecule has 0 aliphatic heterocycles. The van der Waals surface area contributed by atoms with Crippen molar-refractivity contribution in [2.75, 3.05) is 30.9 Å². The van der Waals surface area contributed by atoms with E-state index in [1.807, 2.05) is 30.3 Å². The molecule has 0 bridgehead atoms. The van der Waals surface area contributed by atoms with Crippen molar-refractivity contribution < 1.29 is 19.4 Å². The Morgan fingerprint density at radius 1 is 1.15 bits per heavy atom. The molecule has 3 rings (SSSR count). The normalized spacial score (nSPS) is 12.2. The van der Waals surface area contributed by atoms with Crippen LogP contribution in [0, 0.1) is 5.82 Å². The van der Waals surface area contributed by atoms with Crippen molar-refractivity contribution in [3.8, 4) is 0 Å². The number of benzene rings is 2. The molecular weight excluding hydrogens is 425 g/mol. The molecule has 0 spiro atoms. The summed E-state index contributed by atoms with van der Waals surface area (Å²) in [6, 6.07) is 13.3. The topological polar surface area (TPSA) is 119 Å². The van der Waals surface area contributed by atoms with Crippen LogP contribution < -0.4 is 16.0 Å². The lowest BCUT2D eigenvalue weighted by molar-refractivity contribution is 0.0963. The molecule has 174 valence electrons. The van der Waals surface area contributed by atoms with Crippen LogP contribution in [-0.2, 0) is 5.41 Å². The highest BCUT2D eigenvalue weighted by Crippen LogP contribution is 2.28. The predicted octanol–water partition coefficient (Wildman–Crippen LogP) is 3.13. The summed E-state index contributed by atoms with van der Waals surface area (Å²) in [6.45, 7) is 3.09. The van der Waals surface area contributed by atoms with E-state index in [2.05, 4.69) is 25.9 Å². The van der Waals surface area contributed by atoms with Crippen LogP contribution in [0.5, 0.6) is 0 Å². The first-order valence-electron chi connectivity index (χ1n) is 10.5. The Kier molecular flexibility index (Phi) is 7.57. The summed E-state index contributed by atoms with van der Waals surface area (Å²) < 4.78 is 14.7. The number of aromatic nitrogens is 2. The van der Waals surface area contributed by atoms with Gasteiger partial charge in [0.1, 0.15) is 17.2 Å². The van der Waals surface area contributed by atoms with E-state index < -0.39 is 23.2 Å². The third-order valence-electron chi connectivity index (χ3n) is 5.31. The maximum absolute atomic E-state index is 14.7. The molecule has 0 fully saturated rings. The lowest BCUT2D eigenvalue weighted by atomic mass is 9.85. The second kappa shape index (κ2) is 10.4. The van der Waals surface area contributed by atoms with Crippen LogP contribution in [0.4, 0.5) is 21.8 Å². The van der Waals surface area contributed by atoms with Crippen molar-refractivity contribution in [2.45, 2.75) is 25.3 Å². The van der Waals surface area contributed by atoms with Gasteiger partial charge in [-0.15, -0.1) is 0 Å². The minimum atomic E-state index is -0.720. The number of hydrogen-bond donors (Lipinski definition) is 5. The van der Waals surface area contributed by atoms with Crippen molar-refractivity contribution in [3.05, 3.63) is 77.2 Å². The summed E-state index contributed by atoms with van der Waals surface area (Å²) in [6.07, 6.45) is 1.36. The molecule has 5 N–H and O–H groups in total. The molecule has 1 amide bonds. The summed E-state index contributed by atoms with van der Waals surface area (Å²) in [4.78, 5) is 20.9. The van der Waals surface area contributed by atoms with Crippen LogP contribution >= 0.6 is 0 Å². The van der Waals surface area contributed by atoms with Crippen molar-refractivity contribution in [1.82, 2.24) is 15.3 Å². The molecular formula is C24H28FN5O3. The second-order valence-electron chi connectivity index (χ2n) is 8.19. The Labute approximate surface area is 191 Å². The molecule has 9 heteroatoms. The first-order chi connectivity index (χ1) is 15.8. The molecule has 8 nitrogen and oxygen atoms in total. The smallest absolute Gasteiger partial charge is 0.256 e. The van der Waals surface area contributed by atoms with Crippen LogP contribution in [0.3, 0.4) is 0 Å². The maximum Gasteiger partial charge on any atom is 0.256 e. The summed E-state index contributed by atoms with van der Waals surface area (Å²) in [5.74, 6) is -0.504. The van der Waals surface area contributed by atoms with Gasteiger partial charge < -0.3 is 26.2 Å². The molecule has 0 unspecified atom stereocenters. The lowest BCUT2D eigenvalue weighted by Gasteiger charge is -2.23. The molecule has 0 aliphatic rings. The summed E-state index contributed by atoms with van der Waals surface area (Å²) in [5, 5.41) is 28.0. The molecule has 1 aromatic heterocycles. The number of carbonyl (C=O) groups is 1. The molecule has 3 aromatic rings. The first-order valence-corrected chi connectivity index (χ1v) is 10.5. The van der Waals surface area contributed by atoms with Crippen molar-refractivity contribution >= 4 is 23.4 Å². The number of anilines is 3. The van der Waals surface area contributed by atoms with Gasteiger partial charge >= 0.3 is 0 Å². The van der Waals surface area contributed by atoms with E-state index in [0.717, 1.165) is 5.56 Å². The van der Waals surface area contributed by atoms with Crippen LogP contribution in [0.2, 0.25) is 0 Å². The Bertz CT molecular complexity index is 1110. The fourth-order valence-corrected chi connectivity index (χ4v) is 3.29. The largest absolute Gasteiger partial charge is 0.395 e. The summed E-state index contributed by atoms with van der Waals surface area (Å²) in [7, 11) is 1.50. The Hall–Kier alpha value is -3.56. The third kappa shape index (κ3) is 5.63. The van der Waals surface area contributed by atoms with E-state index in [0.29, 0.717) is 11.3 Å². The number of carbonyl (C=O) groups excluding carboxylic acids is 1. The van der Waals surface area contributed by atoms with E-state index in [1.165, 1.54) is 19.3 Å². The van der Waals surface area contributed by atoms with Gasteiger partial charge in [0.05, 0.1) is 19.3 Å². The number of nitrogens with one attached hydrogen (secondary N) is 3. The average Bonchev–Trinajstić information content (AvgIpc) is 2.82. The molecule has 0 aliphatic carbocycles. The van der Waals surface area contributed by atoms with Gasteiger partial charge in [-0.3, -0.25) is 4.79 Å². The molecule has 0 saturated carbocycles. The lowest BCUT2D eigenvalue weighted by Crippen LogP contribution is -2.24. The third-order valence-corrected chi connectivity index (χ3v) is 5.31. The monoisotopic (exact) mass is 453 g/mol. The van der Waals surface area contributed by atoms with Gasteiger partial charge in [-0.1, -0.05) is 50.2 Å². The zero-order valence-corrected chi connectivity index (χ0v) is 18.8. The number of amides is 1. The molecule has 33 heavy (non-hydrogen) atoms. The minimum Gasteiger partial charge on any atom is -0.395 e. The first kappa shape index (κ1) is 24.1. The number of halogens is 1. The zero-order chi connectivity index (χ0) is 24.0. The maximum atomic E-state index is 14.7. The fraction of sp³-hybridized carbons (Fsp3) is 0.292. The molecule has 0 radical (unpaired) electrons. The van der Waals surface area contributed by atoms with Gasteiger partial charge in [-0.25, -0.2) is 9.37 Å². The Morgan fingerprint density at radius 2 is 1.88 bits per heavy atom. The predicted molar refractivity (Wildman–Crippen MR) is 125 cm³/mol. The second-order valence-corrected chi connectivity index (χ2v) is 8.19. The van der Waals surface area contributed by atoms with E-state index in [-0.39, 0.29) is 30.5 Å². The van der Waals surface area contributed by atoms with Crippen LogP contribution in [0.25, 0.3) is 0 Å². The average molecular weight is 454 g/mol. The Morgan fingerprint density at radius 3 is 2.48 bits per heavy atom. The molecule has 1 atom stereocenters. The van der Waals surface area contributed by atoms with Gasteiger partial charge in [-0.2, -0.15) is 4.98 Å². The van der Waals surface area contributed by atoms with Gasteiger partial charge in [-0.05, 0) is 23.3 Å². The standard InChI is InChI=1S/C24H28FN5O3/c1-24(2,14-32)18-10-9-16(11-19(18)25)28-23-27-12-17(22(33)26-3)21(30-23)29-20(13-31)15-7-5-4-6-8-15/h4-12,20,31-32H,13-14H2,1-3H3,(H,26,33)(H2,27,28,29,30)/t20-/m1/s1. The highest BCUT2D eigenvalue weighted by Gasteiger charge is 2.24. The highest BCUT2D eigenvalue weighted by molar-refractivity contribution is 5.98. The van der Waals surface area contributed by atoms with E-state index in [1.54, 1.807) is 26.0 Å². The van der Waals surface area contributed by atoms with Crippen LogP contribution in [0.15, 0.2) is 54.7 Å². The number of hydrogen-bond acceptors (Lipinski definition) is 7. The van der Waals surface area contributed by atoms with Crippen molar-refractivity contribution in [3.63, 3.8) is 0 Å². The minimum absolute atomic E-state index is 0.142. The number of aliphatic hydroxyl groups excluding tert-OH is 2. The quantitative estimate of drug-likeness (QED) is 0.338. The van der Waals surface area contributed by atoms with Crippen molar-refractivity contribution in [2.24, 2.45) is 0 Å². The number of nitrogens with zero attached hydrogens (tertiary/aromatic N) is 2. The van der Waals surface area contributed by atoms with Crippen LogP contribution in [0.1, 0.15) is 41.4 Å². The van der Waals surface area contributed by atoms with Gasteiger partial charge in [0.2, 0.25) is 5.95 Å². The van der Waals surface area contributed by atoms with Crippen molar-refractivity contribution in [1.29, 1.82) is 0 Å².